The predicted octanol–water partition coefficient (Wildman–Crippen LogP) is 3.14. The van der Waals surface area contributed by atoms with Gasteiger partial charge >= 0.3 is 0 Å². The summed E-state index contributed by atoms with van der Waals surface area (Å²) in [6.07, 6.45) is 0. The maximum atomic E-state index is 10.9. The first-order valence-electron chi connectivity index (χ1n) is 7.06. The van der Waals surface area contributed by atoms with Crippen molar-refractivity contribution in [3.8, 4) is 11.5 Å². The Labute approximate surface area is 130 Å². The fourth-order valence-corrected chi connectivity index (χ4v) is 1.91. The number of rotatable bonds is 7. The lowest BCUT2D eigenvalue weighted by atomic mass is 10.3. The molecule has 0 heterocycles. The van der Waals surface area contributed by atoms with Crippen LogP contribution in [0.5, 0.6) is 11.5 Å². The summed E-state index contributed by atoms with van der Waals surface area (Å²) in [6.45, 7) is 2.73. The summed E-state index contributed by atoms with van der Waals surface area (Å²) in [5.41, 5.74) is 1.76. The molecule has 0 aromatic heterocycles. The predicted molar refractivity (Wildman–Crippen MR) is 87.7 cm³/mol. The minimum atomic E-state index is -0.0754. The number of carbonyl (C=O) groups excluding carboxylic acids is 1. The fraction of sp³-hybridized carbons (Fsp3) is 0.235. The molecule has 2 rings (SSSR count). The zero-order valence-corrected chi connectivity index (χ0v) is 12.8. The van der Waals surface area contributed by atoms with Crippen molar-refractivity contribution < 1.29 is 14.3 Å². The third-order valence-electron chi connectivity index (χ3n) is 2.96. The molecule has 0 aliphatic carbocycles. The largest absolute Gasteiger partial charge is 0.497 e. The lowest BCUT2D eigenvalue weighted by Crippen LogP contribution is -2.11. The van der Waals surface area contributed by atoms with Gasteiger partial charge < -0.3 is 20.1 Å². The highest BCUT2D eigenvalue weighted by atomic mass is 16.5. The van der Waals surface area contributed by atoms with Crippen molar-refractivity contribution in [1.29, 1.82) is 0 Å². The minimum Gasteiger partial charge on any atom is -0.497 e. The Hall–Kier alpha value is -2.69. The second kappa shape index (κ2) is 7.93. The van der Waals surface area contributed by atoms with Gasteiger partial charge in [0.05, 0.1) is 7.11 Å². The molecule has 0 fully saturated rings. The van der Waals surface area contributed by atoms with Crippen molar-refractivity contribution >= 4 is 17.3 Å². The zero-order valence-electron chi connectivity index (χ0n) is 12.8. The van der Waals surface area contributed by atoms with Crippen molar-refractivity contribution in [2.45, 2.75) is 6.92 Å². The summed E-state index contributed by atoms with van der Waals surface area (Å²) in [6, 6.07) is 15.0. The summed E-state index contributed by atoms with van der Waals surface area (Å²) in [4.78, 5) is 10.9. The minimum absolute atomic E-state index is 0.0754. The van der Waals surface area contributed by atoms with E-state index in [2.05, 4.69) is 10.6 Å². The van der Waals surface area contributed by atoms with Gasteiger partial charge in [0.1, 0.15) is 18.1 Å². The molecule has 22 heavy (non-hydrogen) atoms. The van der Waals surface area contributed by atoms with Gasteiger partial charge in [-0.2, -0.15) is 0 Å². The number of nitrogens with one attached hydrogen (secondary N) is 2. The van der Waals surface area contributed by atoms with Crippen molar-refractivity contribution in [3.05, 3.63) is 48.5 Å². The Morgan fingerprint density at radius 2 is 1.55 bits per heavy atom. The van der Waals surface area contributed by atoms with Gasteiger partial charge in [0, 0.05) is 24.8 Å². The van der Waals surface area contributed by atoms with Crippen LogP contribution < -0.4 is 20.1 Å². The molecule has 116 valence electrons. The average molecular weight is 300 g/mol. The third kappa shape index (κ3) is 5.01. The lowest BCUT2D eigenvalue weighted by molar-refractivity contribution is -0.114. The van der Waals surface area contributed by atoms with Gasteiger partial charge in [-0.05, 0) is 48.5 Å². The molecular formula is C17H20N2O3. The summed E-state index contributed by atoms with van der Waals surface area (Å²) in [7, 11) is 1.64. The number of anilines is 2. The normalized spacial score (nSPS) is 9.91. The number of ether oxygens (including phenoxy) is 2. The monoisotopic (exact) mass is 300 g/mol. The van der Waals surface area contributed by atoms with Gasteiger partial charge in [0.25, 0.3) is 0 Å². The summed E-state index contributed by atoms with van der Waals surface area (Å²) in [5, 5.41) is 5.98. The van der Waals surface area contributed by atoms with E-state index < -0.39 is 0 Å². The van der Waals surface area contributed by atoms with Crippen LogP contribution >= 0.6 is 0 Å². The highest BCUT2D eigenvalue weighted by Gasteiger charge is 1.97. The molecule has 0 bridgehead atoms. The quantitative estimate of drug-likeness (QED) is 0.771. The maximum absolute atomic E-state index is 10.9. The van der Waals surface area contributed by atoms with Crippen LogP contribution in [0.4, 0.5) is 11.4 Å². The number of hydrogen-bond acceptors (Lipinski definition) is 4. The average Bonchev–Trinajstić information content (AvgIpc) is 2.53. The van der Waals surface area contributed by atoms with E-state index in [0.717, 1.165) is 22.9 Å². The highest BCUT2D eigenvalue weighted by Crippen LogP contribution is 2.17. The van der Waals surface area contributed by atoms with E-state index in [4.69, 9.17) is 9.47 Å². The van der Waals surface area contributed by atoms with Crippen LogP contribution in [0.25, 0.3) is 0 Å². The molecule has 5 nitrogen and oxygen atoms in total. The van der Waals surface area contributed by atoms with Crippen LogP contribution in [0.3, 0.4) is 0 Å². The third-order valence-corrected chi connectivity index (χ3v) is 2.96. The molecule has 1 amide bonds. The van der Waals surface area contributed by atoms with Crippen LogP contribution in [0.15, 0.2) is 48.5 Å². The van der Waals surface area contributed by atoms with E-state index in [-0.39, 0.29) is 5.91 Å². The molecule has 0 unspecified atom stereocenters. The van der Waals surface area contributed by atoms with Crippen LogP contribution in [0.1, 0.15) is 6.92 Å². The molecule has 0 saturated heterocycles. The second-order valence-corrected chi connectivity index (χ2v) is 4.71. The van der Waals surface area contributed by atoms with E-state index in [0.29, 0.717) is 13.2 Å². The Balaban J connectivity index is 1.72. The molecule has 0 spiro atoms. The maximum Gasteiger partial charge on any atom is 0.221 e. The van der Waals surface area contributed by atoms with Crippen molar-refractivity contribution in [2.24, 2.45) is 0 Å². The first-order valence-corrected chi connectivity index (χ1v) is 7.06. The van der Waals surface area contributed by atoms with E-state index >= 15 is 0 Å². The van der Waals surface area contributed by atoms with E-state index in [1.165, 1.54) is 6.92 Å². The van der Waals surface area contributed by atoms with Gasteiger partial charge in [-0.1, -0.05) is 0 Å². The topological polar surface area (TPSA) is 59.6 Å². The number of methoxy groups -OCH3 is 1. The van der Waals surface area contributed by atoms with E-state index in [1.807, 2.05) is 48.5 Å². The number of carbonyl (C=O) groups is 1. The van der Waals surface area contributed by atoms with Gasteiger partial charge in [-0.25, -0.2) is 0 Å². The molecular weight excluding hydrogens is 280 g/mol. The van der Waals surface area contributed by atoms with Crippen molar-refractivity contribution in [1.82, 2.24) is 0 Å². The molecule has 0 atom stereocenters. The molecule has 2 aromatic carbocycles. The Bertz CT molecular complexity index is 594. The van der Waals surface area contributed by atoms with Gasteiger partial charge in [-0.3, -0.25) is 4.79 Å². The first kappa shape index (κ1) is 15.7. The van der Waals surface area contributed by atoms with Gasteiger partial charge in [0.15, 0.2) is 0 Å². The van der Waals surface area contributed by atoms with Crippen molar-refractivity contribution in [2.75, 3.05) is 30.9 Å². The van der Waals surface area contributed by atoms with Crippen molar-refractivity contribution in [3.63, 3.8) is 0 Å². The second-order valence-electron chi connectivity index (χ2n) is 4.71. The number of benzene rings is 2. The Morgan fingerprint density at radius 1 is 0.955 bits per heavy atom. The Kier molecular flexibility index (Phi) is 5.65. The lowest BCUT2D eigenvalue weighted by Gasteiger charge is -2.10. The molecule has 2 aromatic rings. The summed E-state index contributed by atoms with van der Waals surface area (Å²) >= 11 is 0. The highest BCUT2D eigenvalue weighted by molar-refractivity contribution is 5.88. The molecule has 0 saturated carbocycles. The molecule has 0 aliphatic rings. The molecule has 5 heteroatoms. The van der Waals surface area contributed by atoms with Crippen LogP contribution in [0, 0.1) is 0 Å². The zero-order chi connectivity index (χ0) is 15.8. The molecule has 0 radical (unpaired) electrons. The number of amides is 1. The van der Waals surface area contributed by atoms with Crippen LogP contribution in [-0.4, -0.2) is 26.2 Å². The SMILES string of the molecule is COc1ccc(OCCNc2ccc(NC(C)=O)cc2)cc1. The van der Waals surface area contributed by atoms with Gasteiger partial charge in [-0.15, -0.1) is 0 Å². The van der Waals surface area contributed by atoms with Crippen LogP contribution in [0.2, 0.25) is 0 Å². The summed E-state index contributed by atoms with van der Waals surface area (Å²) in [5.74, 6) is 1.54. The van der Waals surface area contributed by atoms with Gasteiger partial charge in [0.2, 0.25) is 5.91 Å². The standard InChI is InChI=1S/C17H20N2O3/c1-13(20)19-15-5-3-14(4-6-15)18-11-12-22-17-9-7-16(21-2)8-10-17/h3-10,18H,11-12H2,1-2H3,(H,19,20). The summed E-state index contributed by atoms with van der Waals surface area (Å²) < 4.78 is 10.7. The first-order chi connectivity index (χ1) is 10.7. The number of hydrogen-bond donors (Lipinski definition) is 2. The smallest absolute Gasteiger partial charge is 0.221 e. The van der Waals surface area contributed by atoms with E-state index in [9.17, 15) is 4.79 Å². The fourth-order valence-electron chi connectivity index (χ4n) is 1.91. The van der Waals surface area contributed by atoms with Crippen LogP contribution in [-0.2, 0) is 4.79 Å². The molecule has 2 N–H and O–H groups in total. The Morgan fingerprint density at radius 3 is 2.14 bits per heavy atom. The molecule has 0 aliphatic heterocycles. The van der Waals surface area contributed by atoms with E-state index in [1.54, 1.807) is 7.11 Å².